The summed E-state index contributed by atoms with van der Waals surface area (Å²) in [7, 11) is 1.64. The number of aliphatic imine (C=N–C) groups is 1. The summed E-state index contributed by atoms with van der Waals surface area (Å²) in [4.78, 5) is 15.7. The van der Waals surface area contributed by atoms with Gasteiger partial charge in [-0.25, -0.2) is 0 Å². The maximum Gasteiger partial charge on any atom is 0.325 e. The standard InChI is InChI=1S/C15H22ClN3O2/c1-15(2,3)21-13(20)10-19-14(17-4)18-9-11-7-5-6-8-12(11)16/h5-8H,9-10H2,1-4H3,(H2,17,18,19). The summed E-state index contributed by atoms with van der Waals surface area (Å²) < 4.78 is 5.21. The van der Waals surface area contributed by atoms with Gasteiger partial charge >= 0.3 is 5.97 Å². The van der Waals surface area contributed by atoms with E-state index in [1.165, 1.54) is 0 Å². The van der Waals surface area contributed by atoms with Crippen molar-refractivity contribution in [2.75, 3.05) is 13.6 Å². The Morgan fingerprint density at radius 2 is 1.95 bits per heavy atom. The zero-order chi connectivity index (χ0) is 15.9. The Labute approximate surface area is 130 Å². The molecule has 0 radical (unpaired) electrons. The molecule has 0 aliphatic rings. The molecule has 0 unspecified atom stereocenters. The van der Waals surface area contributed by atoms with E-state index < -0.39 is 5.60 Å². The molecule has 1 rings (SSSR count). The summed E-state index contributed by atoms with van der Waals surface area (Å²) in [5.74, 6) is 0.184. The number of halogens is 1. The highest BCUT2D eigenvalue weighted by molar-refractivity contribution is 6.31. The third-order valence-corrected chi connectivity index (χ3v) is 2.82. The van der Waals surface area contributed by atoms with Crippen molar-refractivity contribution in [2.45, 2.75) is 32.9 Å². The average Bonchev–Trinajstić information content (AvgIpc) is 2.38. The topological polar surface area (TPSA) is 62.7 Å². The summed E-state index contributed by atoms with van der Waals surface area (Å²) in [5, 5.41) is 6.68. The number of rotatable bonds is 4. The molecule has 0 saturated heterocycles. The van der Waals surface area contributed by atoms with Crippen LogP contribution in [-0.4, -0.2) is 31.1 Å². The number of nitrogens with zero attached hydrogens (tertiary/aromatic N) is 1. The molecular formula is C15H22ClN3O2. The lowest BCUT2D eigenvalue weighted by Gasteiger charge is -2.20. The van der Waals surface area contributed by atoms with Crippen molar-refractivity contribution in [2.24, 2.45) is 4.99 Å². The third-order valence-electron chi connectivity index (χ3n) is 2.45. The van der Waals surface area contributed by atoms with Crippen molar-refractivity contribution in [3.8, 4) is 0 Å². The van der Waals surface area contributed by atoms with E-state index in [2.05, 4.69) is 15.6 Å². The third kappa shape index (κ3) is 6.99. The van der Waals surface area contributed by atoms with Crippen LogP contribution in [0.5, 0.6) is 0 Å². The first-order valence-electron chi connectivity index (χ1n) is 6.71. The summed E-state index contributed by atoms with van der Waals surface area (Å²) >= 11 is 6.08. The minimum absolute atomic E-state index is 0.0550. The Morgan fingerprint density at radius 1 is 1.29 bits per heavy atom. The largest absolute Gasteiger partial charge is 0.459 e. The molecule has 6 heteroatoms. The lowest BCUT2D eigenvalue weighted by atomic mass is 10.2. The van der Waals surface area contributed by atoms with Gasteiger partial charge in [0.15, 0.2) is 5.96 Å². The quantitative estimate of drug-likeness (QED) is 0.509. The van der Waals surface area contributed by atoms with Crippen LogP contribution in [0, 0.1) is 0 Å². The van der Waals surface area contributed by atoms with Gasteiger partial charge < -0.3 is 15.4 Å². The van der Waals surface area contributed by atoms with Crippen molar-refractivity contribution in [3.63, 3.8) is 0 Å². The van der Waals surface area contributed by atoms with Crippen molar-refractivity contribution in [1.82, 2.24) is 10.6 Å². The predicted octanol–water partition coefficient (Wildman–Crippen LogP) is 2.35. The number of hydrogen-bond donors (Lipinski definition) is 2. The van der Waals surface area contributed by atoms with Gasteiger partial charge in [-0.15, -0.1) is 0 Å². The van der Waals surface area contributed by atoms with Gasteiger partial charge in [0.25, 0.3) is 0 Å². The van der Waals surface area contributed by atoms with E-state index in [1.807, 2.05) is 45.0 Å². The molecular weight excluding hydrogens is 290 g/mol. The SMILES string of the molecule is CN=C(NCC(=O)OC(C)(C)C)NCc1ccccc1Cl. The molecule has 0 heterocycles. The predicted molar refractivity (Wildman–Crippen MR) is 85.5 cm³/mol. The van der Waals surface area contributed by atoms with Crippen LogP contribution in [0.4, 0.5) is 0 Å². The van der Waals surface area contributed by atoms with E-state index in [0.717, 1.165) is 5.56 Å². The van der Waals surface area contributed by atoms with Gasteiger partial charge in [0, 0.05) is 18.6 Å². The van der Waals surface area contributed by atoms with Crippen molar-refractivity contribution in [1.29, 1.82) is 0 Å². The highest BCUT2D eigenvalue weighted by Crippen LogP contribution is 2.14. The fraction of sp³-hybridized carbons (Fsp3) is 0.467. The molecule has 0 aliphatic carbocycles. The number of carbonyl (C=O) groups is 1. The van der Waals surface area contributed by atoms with Crippen LogP contribution >= 0.6 is 11.6 Å². The number of guanidine groups is 1. The zero-order valence-electron chi connectivity index (χ0n) is 12.9. The summed E-state index contributed by atoms with van der Waals surface area (Å²) in [6, 6.07) is 7.55. The fourth-order valence-corrected chi connectivity index (χ4v) is 1.78. The normalized spacial score (nSPS) is 12.0. The van der Waals surface area contributed by atoms with Gasteiger partial charge in [0.05, 0.1) is 0 Å². The number of nitrogens with one attached hydrogen (secondary N) is 2. The molecule has 0 saturated carbocycles. The minimum atomic E-state index is -0.493. The number of carbonyl (C=O) groups excluding carboxylic acids is 1. The molecule has 0 aliphatic heterocycles. The van der Waals surface area contributed by atoms with E-state index in [4.69, 9.17) is 16.3 Å². The Balaban J connectivity index is 2.43. The Bertz CT molecular complexity index is 510. The number of esters is 1. The van der Waals surface area contributed by atoms with Crippen LogP contribution in [0.3, 0.4) is 0 Å². The van der Waals surface area contributed by atoms with Gasteiger partial charge in [-0.05, 0) is 32.4 Å². The first-order valence-corrected chi connectivity index (χ1v) is 7.09. The minimum Gasteiger partial charge on any atom is -0.459 e. The van der Waals surface area contributed by atoms with Gasteiger partial charge in [-0.3, -0.25) is 9.79 Å². The Morgan fingerprint density at radius 3 is 2.52 bits per heavy atom. The lowest BCUT2D eigenvalue weighted by Crippen LogP contribution is -2.41. The maximum absolute atomic E-state index is 11.6. The lowest BCUT2D eigenvalue weighted by molar-refractivity contribution is -0.153. The zero-order valence-corrected chi connectivity index (χ0v) is 13.6. The maximum atomic E-state index is 11.6. The van der Waals surface area contributed by atoms with Gasteiger partial charge in [-0.1, -0.05) is 29.8 Å². The summed E-state index contributed by atoms with van der Waals surface area (Å²) in [5.41, 5.74) is 0.465. The molecule has 0 spiro atoms. The van der Waals surface area contributed by atoms with E-state index in [1.54, 1.807) is 7.05 Å². The Hall–Kier alpha value is -1.75. The second-order valence-corrected chi connectivity index (χ2v) is 5.86. The highest BCUT2D eigenvalue weighted by atomic mass is 35.5. The second kappa shape index (κ2) is 7.88. The van der Waals surface area contributed by atoms with Crippen LogP contribution in [0.2, 0.25) is 5.02 Å². The smallest absolute Gasteiger partial charge is 0.325 e. The number of hydrogen-bond acceptors (Lipinski definition) is 3. The van der Waals surface area contributed by atoms with Gasteiger partial charge in [0.2, 0.25) is 0 Å². The summed E-state index contributed by atoms with van der Waals surface area (Å²) in [6.07, 6.45) is 0. The Kier molecular flexibility index (Phi) is 6.49. The van der Waals surface area contributed by atoms with E-state index in [-0.39, 0.29) is 12.5 Å². The van der Waals surface area contributed by atoms with E-state index in [9.17, 15) is 4.79 Å². The molecule has 0 aromatic heterocycles. The molecule has 5 nitrogen and oxygen atoms in total. The van der Waals surface area contributed by atoms with Crippen molar-refractivity contribution < 1.29 is 9.53 Å². The molecule has 1 aromatic rings. The molecule has 1 aromatic carbocycles. The van der Waals surface area contributed by atoms with Crippen LogP contribution in [0.15, 0.2) is 29.3 Å². The molecule has 2 N–H and O–H groups in total. The second-order valence-electron chi connectivity index (χ2n) is 5.46. The fourth-order valence-electron chi connectivity index (χ4n) is 1.57. The average molecular weight is 312 g/mol. The molecule has 116 valence electrons. The highest BCUT2D eigenvalue weighted by Gasteiger charge is 2.16. The molecule has 0 atom stereocenters. The van der Waals surface area contributed by atoms with Crippen LogP contribution < -0.4 is 10.6 Å². The van der Waals surface area contributed by atoms with E-state index in [0.29, 0.717) is 17.5 Å². The van der Waals surface area contributed by atoms with Crippen LogP contribution in [-0.2, 0) is 16.1 Å². The van der Waals surface area contributed by atoms with Gasteiger partial charge in [-0.2, -0.15) is 0 Å². The first kappa shape index (κ1) is 17.3. The molecule has 0 amide bonds. The number of benzene rings is 1. The van der Waals surface area contributed by atoms with Crippen LogP contribution in [0.1, 0.15) is 26.3 Å². The first-order chi connectivity index (χ1) is 9.81. The number of ether oxygens (including phenoxy) is 1. The molecule has 0 bridgehead atoms. The monoisotopic (exact) mass is 311 g/mol. The summed E-state index contributed by atoms with van der Waals surface area (Å²) in [6.45, 7) is 6.06. The molecule has 21 heavy (non-hydrogen) atoms. The van der Waals surface area contributed by atoms with Crippen molar-refractivity contribution >= 4 is 23.5 Å². The van der Waals surface area contributed by atoms with Crippen molar-refractivity contribution in [3.05, 3.63) is 34.9 Å². The molecule has 0 fully saturated rings. The van der Waals surface area contributed by atoms with Crippen LogP contribution in [0.25, 0.3) is 0 Å². The van der Waals surface area contributed by atoms with Gasteiger partial charge in [0.1, 0.15) is 12.1 Å². The van der Waals surface area contributed by atoms with E-state index >= 15 is 0 Å².